The van der Waals surface area contributed by atoms with Crippen molar-refractivity contribution in [3.63, 3.8) is 0 Å². The van der Waals surface area contributed by atoms with Crippen LogP contribution in [0.5, 0.6) is 0 Å². The highest BCUT2D eigenvalue weighted by atomic mass is 19.4. The number of halogens is 3. The lowest BCUT2D eigenvalue weighted by atomic mass is 10.2. The van der Waals surface area contributed by atoms with Gasteiger partial charge >= 0.3 is 11.9 Å². The number of aromatic nitrogens is 4. The second-order valence-corrected chi connectivity index (χ2v) is 8.10. The van der Waals surface area contributed by atoms with Gasteiger partial charge in [-0.2, -0.15) is 18.3 Å². The van der Waals surface area contributed by atoms with E-state index in [1.165, 1.54) is 0 Å². The normalized spacial score (nSPS) is 15.9. The second kappa shape index (κ2) is 9.78. The van der Waals surface area contributed by atoms with Crippen LogP contribution in [0, 0.1) is 0 Å². The van der Waals surface area contributed by atoms with Gasteiger partial charge < -0.3 is 15.4 Å². The molecule has 10 nitrogen and oxygen atoms in total. The van der Waals surface area contributed by atoms with E-state index in [0.717, 1.165) is 38.4 Å². The van der Waals surface area contributed by atoms with Crippen LogP contribution in [-0.4, -0.2) is 44.5 Å². The number of rotatable bonds is 7. The van der Waals surface area contributed by atoms with Gasteiger partial charge in [0.2, 0.25) is 5.91 Å². The first-order chi connectivity index (χ1) is 16.6. The van der Waals surface area contributed by atoms with Crippen molar-refractivity contribution in [1.82, 2.24) is 19.3 Å². The average Bonchev–Trinajstić information content (AvgIpc) is 3.48. The van der Waals surface area contributed by atoms with Crippen molar-refractivity contribution in [2.45, 2.75) is 38.2 Å². The number of nitrogens with zero attached hydrogens (tertiary/aromatic N) is 4. The molecule has 4 rings (SSSR count). The number of carbonyl (C=O) groups is 1. The van der Waals surface area contributed by atoms with Gasteiger partial charge in [-0.1, -0.05) is 30.3 Å². The van der Waals surface area contributed by atoms with Crippen molar-refractivity contribution in [3.05, 3.63) is 74.7 Å². The lowest BCUT2D eigenvalue weighted by Crippen LogP contribution is -2.45. The maximum absolute atomic E-state index is 13.3. The van der Waals surface area contributed by atoms with Crippen molar-refractivity contribution in [2.75, 3.05) is 23.8 Å². The SMILES string of the molecule is Nc1c(N(C[C@H]2CCCO2)C(=O)Cn2ccc(C(F)(F)F)n2)c(=O)[nH]c(=O)n1Cc1ccccc1. The summed E-state index contributed by atoms with van der Waals surface area (Å²) in [6, 6.07) is 9.63. The van der Waals surface area contributed by atoms with Crippen LogP contribution in [-0.2, 0) is 28.8 Å². The molecule has 0 spiro atoms. The maximum atomic E-state index is 13.3. The number of hydrogen-bond acceptors (Lipinski definition) is 6. The highest BCUT2D eigenvalue weighted by Gasteiger charge is 2.34. The van der Waals surface area contributed by atoms with Crippen molar-refractivity contribution in [2.24, 2.45) is 0 Å². The Bertz CT molecular complexity index is 1310. The molecule has 0 unspecified atom stereocenters. The summed E-state index contributed by atoms with van der Waals surface area (Å²) in [6.45, 7) is -0.145. The predicted octanol–water partition coefficient (Wildman–Crippen LogP) is 1.59. The number of anilines is 2. The Balaban J connectivity index is 1.71. The molecule has 3 aromatic rings. The van der Waals surface area contributed by atoms with E-state index < -0.39 is 41.7 Å². The molecule has 1 aromatic carbocycles. The molecule has 0 aliphatic carbocycles. The van der Waals surface area contributed by atoms with Gasteiger partial charge in [0, 0.05) is 12.8 Å². The van der Waals surface area contributed by atoms with Crippen molar-refractivity contribution in [3.8, 4) is 0 Å². The number of nitrogen functional groups attached to an aromatic ring is 1. The molecule has 0 radical (unpaired) electrons. The van der Waals surface area contributed by atoms with Gasteiger partial charge in [0.1, 0.15) is 12.4 Å². The monoisotopic (exact) mass is 492 g/mol. The van der Waals surface area contributed by atoms with Crippen molar-refractivity contribution < 1.29 is 22.7 Å². The number of alkyl halides is 3. The summed E-state index contributed by atoms with van der Waals surface area (Å²) < 4.78 is 46.3. The van der Waals surface area contributed by atoms with Gasteiger partial charge in [-0.05, 0) is 24.5 Å². The van der Waals surface area contributed by atoms with Crippen LogP contribution < -0.4 is 21.9 Å². The van der Waals surface area contributed by atoms with Crippen LogP contribution in [0.15, 0.2) is 52.2 Å². The van der Waals surface area contributed by atoms with Gasteiger partial charge in [-0.3, -0.25) is 23.8 Å². The van der Waals surface area contributed by atoms with Crippen LogP contribution in [0.4, 0.5) is 24.7 Å². The minimum absolute atomic E-state index is 0.0331. The minimum atomic E-state index is -4.67. The molecule has 3 heterocycles. The molecule has 2 aromatic heterocycles. The Morgan fingerprint density at radius 3 is 2.60 bits per heavy atom. The number of amides is 1. The van der Waals surface area contributed by atoms with E-state index in [1.54, 1.807) is 30.3 Å². The second-order valence-electron chi connectivity index (χ2n) is 8.10. The van der Waals surface area contributed by atoms with E-state index >= 15 is 0 Å². The van der Waals surface area contributed by atoms with E-state index in [4.69, 9.17) is 10.5 Å². The van der Waals surface area contributed by atoms with Crippen LogP contribution in [0.1, 0.15) is 24.1 Å². The Kier molecular flexibility index (Phi) is 6.78. The Morgan fingerprint density at radius 1 is 1.23 bits per heavy atom. The molecule has 35 heavy (non-hydrogen) atoms. The van der Waals surface area contributed by atoms with Gasteiger partial charge in [-0.25, -0.2) is 4.79 Å². The average molecular weight is 492 g/mol. The molecular formula is C22H23F3N6O4. The van der Waals surface area contributed by atoms with E-state index in [0.29, 0.717) is 13.0 Å². The first-order valence-electron chi connectivity index (χ1n) is 10.8. The smallest absolute Gasteiger partial charge is 0.383 e. The summed E-state index contributed by atoms with van der Waals surface area (Å²) in [6.07, 6.45) is -2.68. The Hall–Kier alpha value is -3.87. The number of aromatic amines is 1. The number of carbonyl (C=O) groups excluding carboxylic acids is 1. The molecule has 13 heteroatoms. The molecule has 1 atom stereocenters. The third-order valence-electron chi connectivity index (χ3n) is 5.61. The third-order valence-corrected chi connectivity index (χ3v) is 5.61. The van der Waals surface area contributed by atoms with E-state index in [-0.39, 0.29) is 24.6 Å². The van der Waals surface area contributed by atoms with E-state index in [9.17, 15) is 27.6 Å². The van der Waals surface area contributed by atoms with Crippen LogP contribution >= 0.6 is 0 Å². The lowest BCUT2D eigenvalue weighted by Gasteiger charge is -2.26. The molecule has 0 bridgehead atoms. The number of nitrogens with one attached hydrogen (secondary N) is 1. The van der Waals surface area contributed by atoms with Crippen LogP contribution in [0.2, 0.25) is 0 Å². The molecule has 3 N–H and O–H groups in total. The summed E-state index contributed by atoms with van der Waals surface area (Å²) in [5, 5.41) is 3.40. The van der Waals surface area contributed by atoms with E-state index in [1.807, 2.05) is 0 Å². The predicted molar refractivity (Wildman–Crippen MR) is 120 cm³/mol. The minimum Gasteiger partial charge on any atom is -0.383 e. The van der Waals surface area contributed by atoms with Crippen molar-refractivity contribution >= 4 is 17.4 Å². The molecule has 1 saturated heterocycles. The van der Waals surface area contributed by atoms with Gasteiger partial charge in [-0.15, -0.1) is 0 Å². The zero-order valence-electron chi connectivity index (χ0n) is 18.5. The topological polar surface area (TPSA) is 128 Å². The summed E-state index contributed by atoms with van der Waals surface area (Å²) in [5.41, 5.74) is 3.90. The molecule has 1 fully saturated rings. The zero-order chi connectivity index (χ0) is 25.2. The first kappa shape index (κ1) is 24.3. The van der Waals surface area contributed by atoms with Crippen LogP contribution in [0.25, 0.3) is 0 Å². The summed E-state index contributed by atoms with van der Waals surface area (Å²) >= 11 is 0. The number of benzene rings is 1. The molecular weight excluding hydrogens is 469 g/mol. The summed E-state index contributed by atoms with van der Waals surface area (Å²) in [5.74, 6) is -0.982. The Morgan fingerprint density at radius 2 is 1.97 bits per heavy atom. The van der Waals surface area contributed by atoms with Gasteiger partial charge in [0.05, 0.1) is 19.2 Å². The van der Waals surface area contributed by atoms with Gasteiger partial charge in [0.15, 0.2) is 11.4 Å². The lowest BCUT2D eigenvalue weighted by molar-refractivity contribution is -0.141. The summed E-state index contributed by atoms with van der Waals surface area (Å²) in [7, 11) is 0. The largest absolute Gasteiger partial charge is 0.435 e. The highest BCUT2D eigenvalue weighted by molar-refractivity contribution is 5.95. The third kappa shape index (κ3) is 5.45. The fourth-order valence-electron chi connectivity index (χ4n) is 3.90. The van der Waals surface area contributed by atoms with Crippen LogP contribution in [0.3, 0.4) is 0 Å². The molecule has 1 aliphatic rings. The van der Waals surface area contributed by atoms with Gasteiger partial charge in [0.25, 0.3) is 5.56 Å². The highest BCUT2D eigenvalue weighted by Crippen LogP contribution is 2.27. The number of nitrogens with two attached hydrogens (primary N) is 1. The quantitative estimate of drug-likeness (QED) is 0.516. The maximum Gasteiger partial charge on any atom is 0.435 e. The number of H-pyrrole nitrogens is 1. The number of ether oxygens (including phenoxy) is 1. The van der Waals surface area contributed by atoms with Crippen molar-refractivity contribution in [1.29, 1.82) is 0 Å². The van der Waals surface area contributed by atoms with E-state index in [2.05, 4.69) is 10.1 Å². The Labute approximate surface area is 196 Å². The zero-order valence-corrected chi connectivity index (χ0v) is 18.5. The molecule has 1 aliphatic heterocycles. The standard InChI is InChI=1S/C22H23F3N6O4/c23-22(24,25)16-8-9-29(28-16)13-17(32)30(12-15-7-4-10-35-15)18-19(26)31(21(34)27-20(18)33)11-14-5-2-1-3-6-14/h1-3,5-6,8-9,15H,4,7,10-13,26H2,(H,27,33,34)/t15-/m1/s1. The fraction of sp³-hybridized carbons (Fsp3) is 0.364. The number of hydrogen-bond donors (Lipinski definition) is 2. The summed E-state index contributed by atoms with van der Waals surface area (Å²) in [4.78, 5) is 41.8. The molecule has 1 amide bonds. The fourth-order valence-corrected chi connectivity index (χ4v) is 3.90. The first-order valence-corrected chi connectivity index (χ1v) is 10.8. The molecule has 0 saturated carbocycles. The molecule has 186 valence electrons.